The molecule has 1 unspecified atom stereocenters. The third kappa shape index (κ3) is 5.42. The van der Waals surface area contributed by atoms with Gasteiger partial charge in [-0.2, -0.15) is 4.72 Å². The van der Waals surface area contributed by atoms with Gasteiger partial charge in [-0.15, -0.1) is 0 Å². The second kappa shape index (κ2) is 9.79. The van der Waals surface area contributed by atoms with Gasteiger partial charge < -0.3 is 20.1 Å². The molecule has 0 aromatic heterocycles. The molecule has 32 heavy (non-hydrogen) atoms. The first-order chi connectivity index (χ1) is 15.2. The Morgan fingerprint density at radius 3 is 2.53 bits per heavy atom. The smallest absolute Gasteiger partial charge is 0.338 e. The van der Waals surface area contributed by atoms with E-state index in [-0.39, 0.29) is 22.8 Å². The number of carbonyl (C=O) groups excluding carboxylic acids is 3. The fourth-order valence-corrected chi connectivity index (χ4v) is 4.17. The second-order valence-electron chi connectivity index (χ2n) is 6.93. The van der Waals surface area contributed by atoms with Crippen LogP contribution in [-0.4, -0.2) is 52.2 Å². The molecule has 0 aliphatic carbocycles. The maximum Gasteiger partial charge on any atom is 0.338 e. The normalized spacial score (nSPS) is 16.3. The Hall–Kier alpha value is -3.44. The molecule has 0 saturated heterocycles. The minimum Gasteiger partial charge on any atom is -0.463 e. The highest BCUT2D eigenvalue weighted by Gasteiger charge is 2.30. The van der Waals surface area contributed by atoms with Gasteiger partial charge in [0.25, 0.3) is 0 Å². The summed E-state index contributed by atoms with van der Waals surface area (Å²) < 4.78 is 37.3. The van der Waals surface area contributed by atoms with Crippen molar-refractivity contribution in [3.63, 3.8) is 0 Å². The number of rotatable bonds is 8. The van der Waals surface area contributed by atoms with Gasteiger partial charge in [0, 0.05) is 0 Å². The van der Waals surface area contributed by atoms with Crippen molar-refractivity contribution in [3.8, 4) is 0 Å². The molecule has 1 aliphatic heterocycles. The summed E-state index contributed by atoms with van der Waals surface area (Å²) in [4.78, 5) is 36.0. The van der Waals surface area contributed by atoms with Crippen LogP contribution in [0.25, 0.3) is 10.8 Å². The zero-order chi connectivity index (χ0) is 23.3. The minimum atomic E-state index is -3.96. The Labute approximate surface area is 185 Å². The number of urea groups is 1. The number of esters is 2. The molecule has 1 aliphatic rings. The first-order valence-corrected chi connectivity index (χ1v) is 11.3. The molecule has 2 aromatic rings. The van der Waals surface area contributed by atoms with Crippen molar-refractivity contribution in [1.82, 2.24) is 15.4 Å². The molecule has 3 rings (SSSR count). The van der Waals surface area contributed by atoms with Crippen molar-refractivity contribution >= 4 is 38.8 Å². The quantitative estimate of drug-likeness (QED) is 0.502. The van der Waals surface area contributed by atoms with Gasteiger partial charge in [0.2, 0.25) is 10.0 Å². The topological polar surface area (TPSA) is 140 Å². The van der Waals surface area contributed by atoms with Gasteiger partial charge in [0.15, 0.2) is 0 Å². The molecule has 170 valence electrons. The lowest BCUT2D eigenvalue weighted by molar-refractivity contribution is -0.142. The van der Waals surface area contributed by atoms with Crippen LogP contribution in [0.5, 0.6) is 0 Å². The van der Waals surface area contributed by atoms with Crippen LogP contribution in [0, 0.1) is 0 Å². The monoisotopic (exact) mass is 461 g/mol. The average molecular weight is 461 g/mol. The van der Waals surface area contributed by atoms with Gasteiger partial charge in [-0.25, -0.2) is 18.0 Å². The van der Waals surface area contributed by atoms with Crippen molar-refractivity contribution < 1.29 is 32.3 Å². The molecular formula is C21H23N3O7S. The number of hydrogen-bond acceptors (Lipinski definition) is 7. The number of ether oxygens (including phenoxy) is 2. The molecule has 1 heterocycles. The van der Waals surface area contributed by atoms with Crippen molar-refractivity contribution in [1.29, 1.82) is 0 Å². The summed E-state index contributed by atoms with van der Waals surface area (Å²) in [5, 5.41) is 6.57. The molecule has 11 heteroatoms. The summed E-state index contributed by atoms with van der Waals surface area (Å²) in [6.07, 6.45) is 0. The number of sulfonamides is 1. The van der Waals surface area contributed by atoms with Gasteiger partial charge in [0.1, 0.15) is 13.2 Å². The van der Waals surface area contributed by atoms with Crippen molar-refractivity contribution in [3.05, 3.63) is 53.7 Å². The standard InChI is InChI=1S/C21H23N3O7S/c1-3-30-20(26)19-13(2)23-21(27)24-17(19)12-31-18(25)11-22-32(28,29)16-9-8-14-6-4-5-7-15(14)10-16/h4-10,13,22H,3,11-12H2,1-2H3,(H2,23,24,27). The molecule has 2 aromatic carbocycles. The van der Waals surface area contributed by atoms with Crippen LogP contribution < -0.4 is 15.4 Å². The van der Waals surface area contributed by atoms with Crippen LogP contribution in [0.15, 0.2) is 58.6 Å². The van der Waals surface area contributed by atoms with Crippen molar-refractivity contribution in [2.45, 2.75) is 24.8 Å². The lowest BCUT2D eigenvalue weighted by atomic mass is 10.0. The molecule has 10 nitrogen and oxygen atoms in total. The van der Waals surface area contributed by atoms with E-state index in [2.05, 4.69) is 15.4 Å². The van der Waals surface area contributed by atoms with E-state index in [1.165, 1.54) is 12.1 Å². The van der Waals surface area contributed by atoms with Crippen LogP contribution in [0.4, 0.5) is 4.79 Å². The largest absolute Gasteiger partial charge is 0.463 e. The molecule has 0 spiro atoms. The fourth-order valence-electron chi connectivity index (χ4n) is 3.17. The molecule has 0 bridgehead atoms. The Kier molecular flexibility index (Phi) is 7.11. The van der Waals surface area contributed by atoms with Gasteiger partial charge in [-0.05, 0) is 36.8 Å². The number of amides is 2. The molecular weight excluding hydrogens is 438 g/mol. The van der Waals surface area contributed by atoms with Gasteiger partial charge in [-0.3, -0.25) is 4.79 Å². The van der Waals surface area contributed by atoms with E-state index >= 15 is 0 Å². The lowest BCUT2D eigenvalue weighted by Crippen LogP contribution is -2.50. The number of benzene rings is 2. The van der Waals surface area contributed by atoms with E-state index in [1.54, 1.807) is 32.0 Å². The zero-order valence-electron chi connectivity index (χ0n) is 17.5. The molecule has 0 saturated carbocycles. The van der Waals surface area contributed by atoms with E-state index in [4.69, 9.17) is 9.47 Å². The predicted molar refractivity (Wildman–Crippen MR) is 115 cm³/mol. The minimum absolute atomic E-state index is 0.00995. The first kappa shape index (κ1) is 23.2. The summed E-state index contributed by atoms with van der Waals surface area (Å²) in [6, 6.07) is 10.7. The fraction of sp³-hybridized carbons (Fsp3) is 0.286. The Morgan fingerprint density at radius 2 is 1.81 bits per heavy atom. The first-order valence-electron chi connectivity index (χ1n) is 9.83. The average Bonchev–Trinajstić information content (AvgIpc) is 2.75. The van der Waals surface area contributed by atoms with E-state index in [9.17, 15) is 22.8 Å². The van der Waals surface area contributed by atoms with E-state index in [1.807, 2.05) is 12.1 Å². The second-order valence-corrected chi connectivity index (χ2v) is 8.69. The highest BCUT2D eigenvalue weighted by molar-refractivity contribution is 7.89. The van der Waals surface area contributed by atoms with Crippen molar-refractivity contribution in [2.75, 3.05) is 19.8 Å². The summed E-state index contributed by atoms with van der Waals surface area (Å²) in [6.45, 7) is 2.30. The Bertz CT molecular complexity index is 1190. The highest BCUT2D eigenvalue weighted by Crippen LogP contribution is 2.19. The van der Waals surface area contributed by atoms with E-state index in [0.29, 0.717) is 0 Å². The number of carbonyl (C=O) groups is 3. The van der Waals surface area contributed by atoms with Gasteiger partial charge in [0.05, 0.1) is 28.8 Å². The van der Waals surface area contributed by atoms with E-state index in [0.717, 1.165) is 10.8 Å². The summed E-state index contributed by atoms with van der Waals surface area (Å²) in [5.74, 6) is -1.54. The Morgan fingerprint density at radius 1 is 1.09 bits per heavy atom. The maximum absolute atomic E-state index is 12.5. The lowest BCUT2D eigenvalue weighted by Gasteiger charge is -2.26. The highest BCUT2D eigenvalue weighted by atomic mass is 32.2. The summed E-state index contributed by atoms with van der Waals surface area (Å²) >= 11 is 0. The van der Waals surface area contributed by atoms with Crippen LogP contribution >= 0.6 is 0 Å². The van der Waals surface area contributed by atoms with Gasteiger partial charge >= 0.3 is 18.0 Å². The predicted octanol–water partition coefficient (Wildman–Crippen LogP) is 1.18. The molecule has 3 N–H and O–H groups in total. The van der Waals surface area contributed by atoms with Gasteiger partial charge in [-0.1, -0.05) is 30.3 Å². The number of fused-ring (bicyclic) bond motifs is 1. The van der Waals surface area contributed by atoms with Crippen LogP contribution in [0.1, 0.15) is 13.8 Å². The van der Waals surface area contributed by atoms with Crippen LogP contribution in [-0.2, 0) is 29.1 Å². The molecule has 1 atom stereocenters. The maximum atomic E-state index is 12.5. The van der Waals surface area contributed by atoms with E-state index < -0.39 is 47.2 Å². The SMILES string of the molecule is CCOC(=O)C1=C(COC(=O)CNS(=O)(=O)c2ccc3ccccc3c2)NC(=O)NC1C. The number of hydrogen-bond donors (Lipinski definition) is 3. The molecule has 0 fully saturated rings. The summed E-state index contributed by atoms with van der Waals surface area (Å²) in [5.41, 5.74) is 0.196. The zero-order valence-corrected chi connectivity index (χ0v) is 18.3. The molecule has 0 radical (unpaired) electrons. The van der Waals surface area contributed by atoms with Crippen molar-refractivity contribution in [2.24, 2.45) is 0 Å². The Balaban J connectivity index is 1.64. The molecule has 2 amide bonds. The third-order valence-electron chi connectivity index (χ3n) is 4.68. The van der Waals surface area contributed by atoms with Crippen LogP contribution in [0.3, 0.4) is 0 Å². The number of nitrogens with one attached hydrogen (secondary N) is 3. The van der Waals surface area contributed by atoms with Crippen LogP contribution in [0.2, 0.25) is 0 Å². The summed E-state index contributed by atoms with van der Waals surface area (Å²) in [7, 11) is -3.96. The third-order valence-corrected chi connectivity index (χ3v) is 6.08.